The second-order valence-corrected chi connectivity index (χ2v) is 3.70. The van der Waals surface area contributed by atoms with Crippen molar-refractivity contribution in [2.24, 2.45) is 0 Å². The van der Waals surface area contributed by atoms with Crippen molar-refractivity contribution >= 4 is 5.82 Å². The lowest BCUT2D eigenvalue weighted by Gasteiger charge is -2.05. The summed E-state index contributed by atoms with van der Waals surface area (Å²) in [5, 5.41) is 3.19. The summed E-state index contributed by atoms with van der Waals surface area (Å²) in [5.41, 5.74) is 2.20. The van der Waals surface area contributed by atoms with Crippen molar-refractivity contribution in [3.8, 4) is 0 Å². The van der Waals surface area contributed by atoms with Crippen molar-refractivity contribution in [1.29, 1.82) is 0 Å². The molecule has 1 N–H and O–H groups in total. The number of benzene rings is 1. The van der Waals surface area contributed by atoms with Crippen LogP contribution >= 0.6 is 0 Å². The maximum atomic E-state index is 12.7. The van der Waals surface area contributed by atoms with Crippen LogP contribution in [-0.4, -0.2) is 4.98 Å². The van der Waals surface area contributed by atoms with E-state index in [1.807, 2.05) is 19.1 Å². The highest BCUT2D eigenvalue weighted by Crippen LogP contribution is 2.08. The Hall–Kier alpha value is -1.90. The van der Waals surface area contributed by atoms with Gasteiger partial charge < -0.3 is 5.32 Å². The minimum absolute atomic E-state index is 0.211. The summed E-state index contributed by atoms with van der Waals surface area (Å²) >= 11 is 0. The summed E-state index contributed by atoms with van der Waals surface area (Å²) in [5.74, 6) is 0.627. The molecule has 0 bridgehead atoms. The van der Waals surface area contributed by atoms with E-state index in [9.17, 15) is 4.39 Å². The zero-order chi connectivity index (χ0) is 11.4. The number of aromatic nitrogens is 1. The molecule has 0 unspecified atom stereocenters. The number of pyridine rings is 1. The summed E-state index contributed by atoms with van der Waals surface area (Å²) in [6.07, 6.45) is 1.77. The lowest BCUT2D eigenvalue weighted by molar-refractivity contribution is 0.627. The SMILES string of the molecule is Cc1ccnc(NCc2ccc(F)cc2)c1. The summed E-state index contributed by atoms with van der Waals surface area (Å²) in [7, 11) is 0. The third-order valence-corrected chi connectivity index (χ3v) is 2.30. The number of nitrogens with one attached hydrogen (secondary N) is 1. The standard InChI is InChI=1S/C13H13FN2/c1-10-6-7-15-13(8-10)16-9-11-2-4-12(14)5-3-11/h2-8H,9H2,1H3,(H,15,16). The van der Waals surface area contributed by atoms with Crippen LogP contribution in [0.25, 0.3) is 0 Å². The fourth-order valence-electron chi connectivity index (χ4n) is 1.43. The lowest BCUT2D eigenvalue weighted by atomic mass is 10.2. The number of rotatable bonds is 3. The van der Waals surface area contributed by atoms with E-state index in [0.717, 1.165) is 16.9 Å². The van der Waals surface area contributed by atoms with Crippen molar-refractivity contribution in [1.82, 2.24) is 4.98 Å². The van der Waals surface area contributed by atoms with Gasteiger partial charge >= 0.3 is 0 Å². The van der Waals surface area contributed by atoms with E-state index in [0.29, 0.717) is 6.54 Å². The van der Waals surface area contributed by atoms with E-state index in [-0.39, 0.29) is 5.82 Å². The zero-order valence-electron chi connectivity index (χ0n) is 9.07. The second kappa shape index (κ2) is 4.75. The molecule has 16 heavy (non-hydrogen) atoms. The van der Waals surface area contributed by atoms with Gasteiger partial charge in [-0.25, -0.2) is 9.37 Å². The van der Waals surface area contributed by atoms with Crippen molar-refractivity contribution < 1.29 is 4.39 Å². The van der Waals surface area contributed by atoms with E-state index < -0.39 is 0 Å². The van der Waals surface area contributed by atoms with Crippen LogP contribution in [0.5, 0.6) is 0 Å². The van der Waals surface area contributed by atoms with Crippen LogP contribution in [0.3, 0.4) is 0 Å². The second-order valence-electron chi connectivity index (χ2n) is 3.70. The molecule has 0 aliphatic heterocycles. The van der Waals surface area contributed by atoms with Crippen LogP contribution in [0.1, 0.15) is 11.1 Å². The molecular weight excluding hydrogens is 203 g/mol. The molecule has 0 atom stereocenters. The molecule has 0 aliphatic carbocycles. The van der Waals surface area contributed by atoms with Gasteiger partial charge in [0.1, 0.15) is 11.6 Å². The molecule has 0 aliphatic rings. The summed E-state index contributed by atoms with van der Waals surface area (Å²) < 4.78 is 12.7. The summed E-state index contributed by atoms with van der Waals surface area (Å²) in [4.78, 5) is 4.19. The van der Waals surface area contributed by atoms with Crippen LogP contribution < -0.4 is 5.32 Å². The van der Waals surface area contributed by atoms with Gasteiger partial charge in [0.2, 0.25) is 0 Å². The van der Waals surface area contributed by atoms with Crippen molar-refractivity contribution in [3.05, 3.63) is 59.5 Å². The van der Waals surface area contributed by atoms with Gasteiger partial charge in [0, 0.05) is 12.7 Å². The van der Waals surface area contributed by atoms with Gasteiger partial charge in [-0.05, 0) is 42.3 Å². The number of halogens is 1. The first kappa shape index (κ1) is 10.6. The predicted molar refractivity (Wildman–Crippen MR) is 62.7 cm³/mol. The molecule has 0 amide bonds. The normalized spacial score (nSPS) is 10.1. The van der Waals surface area contributed by atoms with Crippen LogP contribution in [0.15, 0.2) is 42.6 Å². The van der Waals surface area contributed by atoms with Crippen molar-refractivity contribution in [2.45, 2.75) is 13.5 Å². The molecule has 1 aromatic heterocycles. The first-order chi connectivity index (χ1) is 7.74. The molecule has 0 radical (unpaired) electrons. The quantitative estimate of drug-likeness (QED) is 0.852. The van der Waals surface area contributed by atoms with E-state index in [1.54, 1.807) is 18.3 Å². The fraction of sp³-hybridized carbons (Fsp3) is 0.154. The summed E-state index contributed by atoms with van der Waals surface area (Å²) in [6.45, 7) is 2.67. The van der Waals surface area contributed by atoms with E-state index in [1.165, 1.54) is 12.1 Å². The Kier molecular flexibility index (Phi) is 3.15. The molecule has 0 saturated carbocycles. The Bertz CT molecular complexity index is 466. The van der Waals surface area contributed by atoms with E-state index in [4.69, 9.17) is 0 Å². The van der Waals surface area contributed by atoms with Gasteiger partial charge in [0.05, 0.1) is 0 Å². The molecule has 2 aromatic rings. The Labute approximate surface area is 94.2 Å². The van der Waals surface area contributed by atoms with Gasteiger partial charge in [-0.1, -0.05) is 12.1 Å². The minimum Gasteiger partial charge on any atom is -0.366 e. The number of hydrogen-bond donors (Lipinski definition) is 1. The monoisotopic (exact) mass is 216 g/mol. The maximum absolute atomic E-state index is 12.7. The van der Waals surface area contributed by atoms with Crippen LogP contribution in [0, 0.1) is 12.7 Å². The minimum atomic E-state index is -0.211. The summed E-state index contributed by atoms with van der Waals surface area (Å²) in [6, 6.07) is 10.4. The molecule has 2 rings (SSSR count). The first-order valence-electron chi connectivity index (χ1n) is 5.15. The van der Waals surface area contributed by atoms with Crippen LogP contribution in [0.2, 0.25) is 0 Å². The fourth-order valence-corrected chi connectivity index (χ4v) is 1.43. The number of aryl methyl sites for hydroxylation is 1. The molecule has 3 heteroatoms. The van der Waals surface area contributed by atoms with Crippen molar-refractivity contribution in [2.75, 3.05) is 5.32 Å². The molecule has 0 fully saturated rings. The predicted octanol–water partition coefficient (Wildman–Crippen LogP) is 3.14. The molecule has 0 saturated heterocycles. The van der Waals surface area contributed by atoms with E-state index in [2.05, 4.69) is 10.3 Å². The molecule has 0 spiro atoms. The molecule has 1 heterocycles. The smallest absolute Gasteiger partial charge is 0.126 e. The highest BCUT2D eigenvalue weighted by Gasteiger charge is 1.96. The Morgan fingerprint density at radius 2 is 1.94 bits per heavy atom. The third kappa shape index (κ3) is 2.79. The molecule has 2 nitrogen and oxygen atoms in total. The number of anilines is 1. The molecule has 82 valence electrons. The third-order valence-electron chi connectivity index (χ3n) is 2.30. The topological polar surface area (TPSA) is 24.9 Å². The zero-order valence-corrected chi connectivity index (χ0v) is 9.07. The van der Waals surface area contributed by atoms with Gasteiger partial charge in [-0.15, -0.1) is 0 Å². The number of hydrogen-bond acceptors (Lipinski definition) is 2. The number of nitrogens with zero attached hydrogens (tertiary/aromatic N) is 1. The average Bonchev–Trinajstić information content (AvgIpc) is 2.28. The van der Waals surface area contributed by atoms with E-state index >= 15 is 0 Å². The first-order valence-corrected chi connectivity index (χ1v) is 5.15. The highest BCUT2D eigenvalue weighted by atomic mass is 19.1. The van der Waals surface area contributed by atoms with Crippen LogP contribution in [0.4, 0.5) is 10.2 Å². The molecular formula is C13H13FN2. The maximum Gasteiger partial charge on any atom is 0.126 e. The Morgan fingerprint density at radius 1 is 1.19 bits per heavy atom. The Morgan fingerprint density at radius 3 is 2.62 bits per heavy atom. The van der Waals surface area contributed by atoms with Crippen molar-refractivity contribution in [3.63, 3.8) is 0 Å². The molecule has 1 aromatic carbocycles. The van der Waals surface area contributed by atoms with Gasteiger partial charge in [-0.3, -0.25) is 0 Å². The largest absolute Gasteiger partial charge is 0.366 e. The van der Waals surface area contributed by atoms with Gasteiger partial charge in [0.25, 0.3) is 0 Å². The van der Waals surface area contributed by atoms with Gasteiger partial charge in [-0.2, -0.15) is 0 Å². The average molecular weight is 216 g/mol. The lowest BCUT2D eigenvalue weighted by Crippen LogP contribution is -2.01. The van der Waals surface area contributed by atoms with Crippen LogP contribution in [-0.2, 0) is 6.54 Å². The Balaban J connectivity index is 1.99. The highest BCUT2D eigenvalue weighted by molar-refractivity contribution is 5.37. The van der Waals surface area contributed by atoms with Gasteiger partial charge in [0.15, 0.2) is 0 Å².